The van der Waals surface area contributed by atoms with Crippen LogP contribution in [-0.2, 0) is 4.74 Å². The molecule has 1 saturated heterocycles. The van der Waals surface area contributed by atoms with Gasteiger partial charge in [0.25, 0.3) is 0 Å². The number of hydrogen-bond donors (Lipinski definition) is 1. The van der Waals surface area contributed by atoms with Crippen LogP contribution in [0.5, 0.6) is 0 Å². The maximum Gasteiger partial charge on any atom is 0.138 e. The van der Waals surface area contributed by atoms with Crippen molar-refractivity contribution < 1.29 is 9.13 Å². The monoisotopic (exact) mass is 255 g/mol. The van der Waals surface area contributed by atoms with Gasteiger partial charge in [-0.1, -0.05) is 0 Å². The van der Waals surface area contributed by atoms with Crippen LogP contribution in [0.25, 0.3) is 0 Å². The first-order valence-electron chi connectivity index (χ1n) is 6.05. The van der Waals surface area contributed by atoms with Crippen molar-refractivity contribution in [3.63, 3.8) is 0 Å². The summed E-state index contributed by atoms with van der Waals surface area (Å²) in [5.41, 5.74) is 5.98. The molecule has 0 aromatic heterocycles. The van der Waals surface area contributed by atoms with E-state index in [9.17, 15) is 4.39 Å². The predicted octanol–water partition coefficient (Wildman–Crippen LogP) is 3.46. The Labute approximate surface area is 106 Å². The van der Waals surface area contributed by atoms with Gasteiger partial charge >= 0.3 is 0 Å². The molecular weight excluding hydrogens is 237 g/mol. The molecule has 1 unspecified atom stereocenters. The van der Waals surface area contributed by atoms with Gasteiger partial charge < -0.3 is 10.5 Å². The van der Waals surface area contributed by atoms with Gasteiger partial charge in [-0.15, -0.1) is 11.8 Å². The number of rotatable bonds is 5. The van der Waals surface area contributed by atoms with E-state index >= 15 is 0 Å². The zero-order valence-corrected chi connectivity index (χ0v) is 10.6. The fraction of sp³-hybridized carbons (Fsp3) is 0.538. The van der Waals surface area contributed by atoms with Gasteiger partial charge in [-0.25, -0.2) is 4.39 Å². The van der Waals surface area contributed by atoms with Crippen LogP contribution in [0.4, 0.5) is 10.1 Å². The Balaban J connectivity index is 1.70. The molecule has 1 heterocycles. The Morgan fingerprint density at radius 1 is 1.47 bits per heavy atom. The maximum atomic E-state index is 13.5. The summed E-state index contributed by atoms with van der Waals surface area (Å²) in [5, 5.41) is 0. The van der Waals surface area contributed by atoms with Gasteiger partial charge in [-0.2, -0.15) is 0 Å². The molecule has 2 rings (SSSR count). The standard InChI is InChI=1S/C13H18FNOS/c14-12-9-10(15)5-6-13(12)17-8-2-4-11-3-1-7-16-11/h5-6,9,11H,1-4,7-8,15H2. The SMILES string of the molecule is Nc1ccc(SCCCC2CCCO2)c(F)c1. The number of anilines is 1. The molecule has 4 heteroatoms. The van der Waals surface area contributed by atoms with Gasteiger partial charge in [-0.3, -0.25) is 0 Å². The molecule has 0 bridgehead atoms. The molecule has 1 aliphatic rings. The van der Waals surface area contributed by atoms with Crippen LogP contribution in [-0.4, -0.2) is 18.5 Å². The molecule has 17 heavy (non-hydrogen) atoms. The van der Waals surface area contributed by atoms with Gasteiger partial charge in [-0.05, 0) is 49.6 Å². The number of hydrogen-bond acceptors (Lipinski definition) is 3. The summed E-state index contributed by atoms with van der Waals surface area (Å²) in [7, 11) is 0. The van der Waals surface area contributed by atoms with Gasteiger partial charge in [0.2, 0.25) is 0 Å². The highest BCUT2D eigenvalue weighted by atomic mass is 32.2. The summed E-state index contributed by atoms with van der Waals surface area (Å²) >= 11 is 1.55. The Kier molecular flexibility index (Phi) is 4.68. The van der Waals surface area contributed by atoms with Gasteiger partial charge in [0.1, 0.15) is 5.82 Å². The van der Waals surface area contributed by atoms with Gasteiger partial charge in [0.05, 0.1) is 6.10 Å². The average Bonchev–Trinajstić information content (AvgIpc) is 2.79. The summed E-state index contributed by atoms with van der Waals surface area (Å²) in [5.74, 6) is 0.716. The second-order valence-corrected chi connectivity index (χ2v) is 5.45. The fourth-order valence-electron chi connectivity index (χ4n) is 2.00. The number of nitrogen functional groups attached to an aromatic ring is 1. The molecule has 0 radical (unpaired) electrons. The molecule has 0 saturated carbocycles. The van der Waals surface area contributed by atoms with Crippen molar-refractivity contribution in [2.45, 2.75) is 36.7 Å². The lowest BCUT2D eigenvalue weighted by Crippen LogP contribution is -2.04. The van der Waals surface area contributed by atoms with E-state index in [0.717, 1.165) is 25.2 Å². The Hall–Kier alpha value is -0.740. The Bertz CT molecular complexity index is 366. The molecule has 0 aliphatic carbocycles. The summed E-state index contributed by atoms with van der Waals surface area (Å²) in [4.78, 5) is 0.687. The second-order valence-electron chi connectivity index (χ2n) is 4.32. The molecule has 1 aliphatic heterocycles. The van der Waals surface area contributed by atoms with Crippen molar-refractivity contribution >= 4 is 17.4 Å². The van der Waals surface area contributed by atoms with E-state index in [1.807, 2.05) is 0 Å². The van der Waals surface area contributed by atoms with Crippen LogP contribution < -0.4 is 5.73 Å². The largest absolute Gasteiger partial charge is 0.399 e. The number of nitrogens with two attached hydrogens (primary N) is 1. The third-order valence-electron chi connectivity index (χ3n) is 2.91. The van der Waals surface area contributed by atoms with Crippen LogP contribution in [0.15, 0.2) is 23.1 Å². The van der Waals surface area contributed by atoms with Crippen molar-refractivity contribution in [3.8, 4) is 0 Å². The topological polar surface area (TPSA) is 35.2 Å². The van der Waals surface area contributed by atoms with Crippen LogP contribution in [0.2, 0.25) is 0 Å². The van der Waals surface area contributed by atoms with Crippen LogP contribution in [0.1, 0.15) is 25.7 Å². The molecule has 1 atom stereocenters. The molecule has 94 valence electrons. The smallest absolute Gasteiger partial charge is 0.138 e. The normalized spacial score (nSPS) is 19.7. The van der Waals surface area contributed by atoms with Crippen molar-refractivity contribution in [3.05, 3.63) is 24.0 Å². The first kappa shape index (κ1) is 12.7. The summed E-state index contributed by atoms with van der Waals surface area (Å²) in [6.45, 7) is 0.907. The minimum Gasteiger partial charge on any atom is -0.399 e. The van der Waals surface area contributed by atoms with Gasteiger partial charge in [0, 0.05) is 17.2 Å². The fourth-order valence-corrected chi connectivity index (χ4v) is 2.89. The highest BCUT2D eigenvalue weighted by Crippen LogP contribution is 2.25. The summed E-state index contributed by atoms with van der Waals surface area (Å²) in [6, 6.07) is 4.87. The second kappa shape index (κ2) is 6.26. The molecule has 1 fully saturated rings. The molecule has 0 amide bonds. The lowest BCUT2D eigenvalue weighted by atomic mass is 10.1. The highest BCUT2D eigenvalue weighted by molar-refractivity contribution is 7.99. The first-order chi connectivity index (χ1) is 8.25. The van der Waals surface area contributed by atoms with E-state index in [2.05, 4.69) is 0 Å². The third-order valence-corrected chi connectivity index (χ3v) is 4.04. The van der Waals surface area contributed by atoms with E-state index in [4.69, 9.17) is 10.5 Å². The van der Waals surface area contributed by atoms with Crippen molar-refractivity contribution in [2.24, 2.45) is 0 Å². The number of thioether (sulfide) groups is 1. The quantitative estimate of drug-likeness (QED) is 0.497. The number of ether oxygens (including phenoxy) is 1. The summed E-state index contributed by atoms with van der Waals surface area (Å²) in [6.07, 6.45) is 4.96. The van der Waals surface area contributed by atoms with E-state index in [0.29, 0.717) is 16.7 Å². The van der Waals surface area contributed by atoms with Crippen LogP contribution in [0, 0.1) is 5.82 Å². The lowest BCUT2D eigenvalue weighted by Gasteiger charge is -2.08. The molecule has 1 aromatic rings. The molecule has 2 N–H and O–H groups in total. The third kappa shape index (κ3) is 3.89. The van der Waals surface area contributed by atoms with Crippen molar-refractivity contribution in [1.29, 1.82) is 0 Å². The van der Waals surface area contributed by atoms with E-state index < -0.39 is 0 Å². The number of halogens is 1. The minimum absolute atomic E-state index is 0.216. The molecular formula is C13H18FNOS. The Morgan fingerprint density at radius 2 is 2.35 bits per heavy atom. The van der Waals surface area contributed by atoms with Crippen LogP contribution >= 0.6 is 11.8 Å². The van der Waals surface area contributed by atoms with Gasteiger partial charge in [0.15, 0.2) is 0 Å². The zero-order chi connectivity index (χ0) is 12.1. The molecule has 1 aromatic carbocycles. The van der Waals surface area contributed by atoms with E-state index in [-0.39, 0.29) is 5.82 Å². The number of benzene rings is 1. The van der Waals surface area contributed by atoms with Crippen molar-refractivity contribution in [2.75, 3.05) is 18.1 Å². The zero-order valence-electron chi connectivity index (χ0n) is 9.82. The minimum atomic E-state index is -0.216. The average molecular weight is 255 g/mol. The molecule has 2 nitrogen and oxygen atoms in total. The Morgan fingerprint density at radius 3 is 3.06 bits per heavy atom. The maximum absolute atomic E-state index is 13.5. The van der Waals surface area contributed by atoms with E-state index in [1.165, 1.54) is 18.9 Å². The predicted molar refractivity (Wildman–Crippen MR) is 69.7 cm³/mol. The summed E-state index contributed by atoms with van der Waals surface area (Å²) < 4.78 is 19.0. The molecule has 0 spiro atoms. The van der Waals surface area contributed by atoms with E-state index in [1.54, 1.807) is 23.9 Å². The first-order valence-corrected chi connectivity index (χ1v) is 7.03. The van der Waals surface area contributed by atoms with Crippen LogP contribution in [0.3, 0.4) is 0 Å². The highest BCUT2D eigenvalue weighted by Gasteiger charge is 2.14. The lowest BCUT2D eigenvalue weighted by molar-refractivity contribution is 0.104. The van der Waals surface area contributed by atoms with Crippen molar-refractivity contribution in [1.82, 2.24) is 0 Å².